The lowest BCUT2D eigenvalue weighted by Gasteiger charge is -2.32. The van der Waals surface area contributed by atoms with E-state index in [4.69, 9.17) is 5.73 Å². The van der Waals surface area contributed by atoms with Crippen LogP contribution >= 0.6 is 0 Å². The minimum atomic E-state index is -1.21. The topological polar surface area (TPSA) is 264 Å². The second kappa shape index (κ2) is 23.6. The molecule has 0 bridgehead atoms. The van der Waals surface area contributed by atoms with Crippen molar-refractivity contribution in [3.63, 3.8) is 0 Å². The van der Waals surface area contributed by atoms with Gasteiger partial charge in [0, 0.05) is 39.6 Å². The smallest absolute Gasteiger partial charge is 0.290 e. The van der Waals surface area contributed by atoms with Crippen LogP contribution in [0.2, 0.25) is 0 Å². The molecule has 6 atom stereocenters. The number of primary amides is 1. The number of hydrogen-bond acceptors (Lipinski definition) is 11. The number of hydrogen-bond donors (Lipinski definition) is 7. The van der Waals surface area contributed by atoms with Crippen LogP contribution in [0.25, 0.3) is 0 Å². The molecule has 2 saturated carbocycles. The van der Waals surface area contributed by atoms with Crippen molar-refractivity contribution in [3.05, 3.63) is 59.7 Å². The SMILES string of the molecule is CCC[C@H](NC(=O)[C@@H]1CNC[C@@H]1NC(=O)[C@H](CC1CCCCC1)NC(=O)[C@H](c1nccnc1C(N)=O)C1CCCCC1)C(=O)C(=O)NCC(=O)N[C@H](C(=O)N(C)C)c1ccccc1. The minimum absolute atomic E-state index is 0.0736. The van der Waals surface area contributed by atoms with Gasteiger partial charge in [0.2, 0.25) is 35.3 Å². The van der Waals surface area contributed by atoms with Gasteiger partial charge < -0.3 is 42.5 Å². The molecule has 2 aliphatic carbocycles. The lowest BCUT2D eigenvalue weighted by atomic mass is 9.77. The number of carbonyl (C=O) groups is 8. The van der Waals surface area contributed by atoms with Gasteiger partial charge in [-0.1, -0.05) is 95.0 Å². The summed E-state index contributed by atoms with van der Waals surface area (Å²) in [5.74, 6) is -6.97. The van der Waals surface area contributed by atoms with E-state index in [1.54, 1.807) is 51.4 Å². The number of rotatable bonds is 20. The van der Waals surface area contributed by atoms with Crippen molar-refractivity contribution in [2.75, 3.05) is 33.7 Å². The van der Waals surface area contributed by atoms with Gasteiger partial charge in [0.25, 0.3) is 11.8 Å². The number of Topliss-reactive ketones (excluding diaryl/α,β-unsaturated/α-hetero) is 1. The van der Waals surface area contributed by atoms with Crippen LogP contribution in [0.4, 0.5) is 0 Å². The highest BCUT2D eigenvalue weighted by Crippen LogP contribution is 2.37. The maximum atomic E-state index is 14.4. The Balaban J connectivity index is 1.24. The van der Waals surface area contributed by atoms with Crippen LogP contribution < -0.4 is 37.6 Å². The number of nitrogens with two attached hydrogens (primary N) is 1. The van der Waals surface area contributed by atoms with E-state index in [0.717, 1.165) is 64.2 Å². The lowest BCUT2D eigenvalue weighted by Crippen LogP contribution is -2.56. The number of benzene rings is 1. The van der Waals surface area contributed by atoms with Crippen molar-refractivity contribution in [3.8, 4) is 0 Å². The molecule has 7 amide bonds. The molecule has 0 unspecified atom stereocenters. The van der Waals surface area contributed by atoms with Gasteiger partial charge in [-0.15, -0.1) is 0 Å². The van der Waals surface area contributed by atoms with Crippen LogP contribution in [0.5, 0.6) is 0 Å². The first-order valence-corrected chi connectivity index (χ1v) is 22.4. The third kappa shape index (κ3) is 13.4. The summed E-state index contributed by atoms with van der Waals surface area (Å²) in [6.45, 7) is 1.62. The van der Waals surface area contributed by atoms with Gasteiger partial charge in [-0.05, 0) is 43.1 Å². The standard InChI is InChI=1S/C45H64N10O8/c1-4-14-31(39(57)44(62)50-26-34(56)54-36(45(63)55(2)3)29-19-12-7-13-20-29)51-41(59)30-24-47-25-33(30)53-42(60)32(23-27-15-8-5-9-16-27)52-43(61)35(28-17-10-6-11-18-28)37-38(40(46)58)49-22-21-48-37/h7,12-13,19-22,27-28,30-33,35-36,47H,4-6,8-11,14-18,23-26H2,1-3H3,(H2,46,58)(H,50,62)(H,51,59)(H,52,61)(H,53,60)(H,54,56)/t30-,31+,32+,33+,35+,36+/m1/s1. The molecule has 3 aliphatic rings. The fourth-order valence-electron chi connectivity index (χ4n) is 9.08. The molecule has 63 heavy (non-hydrogen) atoms. The Labute approximate surface area is 368 Å². The Morgan fingerprint density at radius 1 is 0.810 bits per heavy atom. The predicted molar refractivity (Wildman–Crippen MR) is 232 cm³/mol. The van der Waals surface area contributed by atoms with E-state index in [0.29, 0.717) is 18.4 Å². The van der Waals surface area contributed by atoms with Gasteiger partial charge in [-0.3, -0.25) is 43.3 Å². The van der Waals surface area contributed by atoms with Crippen LogP contribution in [0.3, 0.4) is 0 Å². The summed E-state index contributed by atoms with van der Waals surface area (Å²) in [5.41, 5.74) is 6.36. The molecule has 3 fully saturated rings. The quantitative estimate of drug-likeness (QED) is 0.0934. The number of amides is 7. The predicted octanol–water partition coefficient (Wildman–Crippen LogP) is 1.31. The molecule has 1 aliphatic heterocycles. The molecule has 1 aromatic heterocycles. The van der Waals surface area contributed by atoms with Crippen molar-refractivity contribution in [1.82, 2.24) is 46.8 Å². The molecule has 342 valence electrons. The third-order valence-corrected chi connectivity index (χ3v) is 12.4. The Morgan fingerprint density at radius 3 is 2.13 bits per heavy atom. The summed E-state index contributed by atoms with van der Waals surface area (Å²) in [4.78, 5) is 117. The molecule has 0 radical (unpaired) electrons. The average Bonchev–Trinajstić information content (AvgIpc) is 3.75. The van der Waals surface area contributed by atoms with Gasteiger partial charge in [0.1, 0.15) is 17.8 Å². The van der Waals surface area contributed by atoms with E-state index in [9.17, 15) is 38.4 Å². The van der Waals surface area contributed by atoms with E-state index in [-0.39, 0.29) is 48.6 Å². The fourth-order valence-corrected chi connectivity index (χ4v) is 9.08. The first kappa shape index (κ1) is 48.3. The molecule has 2 aromatic rings. The Kier molecular flexibility index (Phi) is 18.1. The van der Waals surface area contributed by atoms with E-state index in [1.165, 1.54) is 17.3 Å². The zero-order chi connectivity index (χ0) is 45.5. The van der Waals surface area contributed by atoms with Crippen LogP contribution in [0.15, 0.2) is 42.7 Å². The molecule has 1 saturated heterocycles. The molecule has 2 heterocycles. The summed E-state index contributed by atoms with van der Waals surface area (Å²) in [6.07, 6.45) is 13.0. The molecule has 0 spiro atoms. The average molecular weight is 873 g/mol. The number of likely N-dealkylation sites (N-methyl/N-ethyl adjacent to an activating group) is 1. The molecule has 18 nitrogen and oxygen atoms in total. The Bertz CT molecular complexity index is 1930. The molecular weight excluding hydrogens is 809 g/mol. The maximum Gasteiger partial charge on any atom is 0.290 e. The first-order valence-electron chi connectivity index (χ1n) is 22.4. The number of carbonyl (C=O) groups excluding carboxylic acids is 8. The van der Waals surface area contributed by atoms with Gasteiger partial charge >= 0.3 is 0 Å². The van der Waals surface area contributed by atoms with E-state index in [1.807, 2.05) is 0 Å². The zero-order valence-electron chi connectivity index (χ0n) is 36.7. The number of nitrogens with one attached hydrogen (secondary N) is 6. The monoisotopic (exact) mass is 872 g/mol. The van der Waals surface area contributed by atoms with E-state index in [2.05, 4.69) is 41.9 Å². The summed E-state index contributed by atoms with van der Waals surface area (Å²) in [6, 6.07) is 4.72. The van der Waals surface area contributed by atoms with Gasteiger partial charge in [0.05, 0.1) is 36.2 Å². The van der Waals surface area contributed by atoms with Crippen LogP contribution in [-0.2, 0) is 33.6 Å². The number of aromatic nitrogens is 2. The Hall–Kier alpha value is -5.78. The number of ketones is 1. The largest absolute Gasteiger partial charge is 0.364 e. The molecule has 5 rings (SSSR count). The van der Waals surface area contributed by atoms with Gasteiger partial charge in [0.15, 0.2) is 0 Å². The molecule has 1 aromatic carbocycles. The zero-order valence-corrected chi connectivity index (χ0v) is 36.7. The minimum Gasteiger partial charge on any atom is -0.364 e. The molecular formula is C45H64N10O8. The van der Waals surface area contributed by atoms with Crippen molar-refractivity contribution < 1.29 is 38.4 Å². The maximum absolute atomic E-state index is 14.4. The van der Waals surface area contributed by atoms with Crippen molar-refractivity contribution in [2.45, 2.75) is 120 Å². The second-order valence-electron chi connectivity index (χ2n) is 17.3. The second-order valence-corrected chi connectivity index (χ2v) is 17.3. The summed E-state index contributed by atoms with van der Waals surface area (Å²) in [5, 5.41) is 16.8. The Morgan fingerprint density at radius 2 is 1.48 bits per heavy atom. The van der Waals surface area contributed by atoms with E-state index >= 15 is 0 Å². The summed E-state index contributed by atoms with van der Waals surface area (Å²) < 4.78 is 0. The fraction of sp³-hybridized carbons (Fsp3) is 0.600. The summed E-state index contributed by atoms with van der Waals surface area (Å²) in [7, 11) is 3.11. The normalized spacial score (nSPS) is 19.9. The summed E-state index contributed by atoms with van der Waals surface area (Å²) >= 11 is 0. The highest BCUT2D eigenvalue weighted by molar-refractivity contribution is 6.38. The third-order valence-electron chi connectivity index (χ3n) is 12.4. The van der Waals surface area contributed by atoms with Gasteiger partial charge in [-0.25, -0.2) is 4.98 Å². The van der Waals surface area contributed by atoms with Crippen molar-refractivity contribution in [1.29, 1.82) is 0 Å². The van der Waals surface area contributed by atoms with E-state index < -0.39 is 83.8 Å². The first-order chi connectivity index (χ1) is 30.3. The molecule has 8 N–H and O–H groups in total. The van der Waals surface area contributed by atoms with Crippen molar-refractivity contribution in [2.24, 2.45) is 23.5 Å². The molecule has 18 heteroatoms. The number of nitrogens with zero attached hydrogens (tertiary/aromatic N) is 3. The highest BCUT2D eigenvalue weighted by atomic mass is 16.2. The van der Waals surface area contributed by atoms with Crippen LogP contribution in [0, 0.1) is 17.8 Å². The van der Waals surface area contributed by atoms with Crippen LogP contribution in [-0.4, -0.2) is 114 Å². The van der Waals surface area contributed by atoms with Gasteiger partial charge in [-0.2, -0.15) is 0 Å². The van der Waals surface area contributed by atoms with Crippen molar-refractivity contribution >= 4 is 47.1 Å². The highest BCUT2D eigenvalue weighted by Gasteiger charge is 2.41. The van der Waals surface area contributed by atoms with Crippen LogP contribution in [0.1, 0.15) is 124 Å². The lowest BCUT2D eigenvalue weighted by molar-refractivity contribution is -0.141.